The number of hydrogen-bond acceptors (Lipinski definition) is 2. The first-order valence-electron chi connectivity index (χ1n) is 6.96. The predicted octanol–water partition coefficient (Wildman–Crippen LogP) is 3.53. The second-order valence-corrected chi connectivity index (χ2v) is 7.25. The van der Waals surface area contributed by atoms with Gasteiger partial charge in [-0.3, -0.25) is 0 Å². The highest BCUT2D eigenvalue weighted by Gasteiger charge is 2.46. The van der Waals surface area contributed by atoms with Gasteiger partial charge in [0.15, 0.2) is 0 Å². The van der Waals surface area contributed by atoms with Crippen molar-refractivity contribution < 1.29 is 26.0 Å². The molecule has 0 aliphatic heterocycles. The van der Waals surface area contributed by atoms with Crippen molar-refractivity contribution >= 4 is 10.0 Å². The first kappa shape index (κ1) is 17.2. The molecule has 1 aromatic carbocycles. The summed E-state index contributed by atoms with van der Waals surface area (Å²) in [5.74, 6) is -2.45. The van der Waals surface area contributed by atoms with Gasteiger partial charge in [-0.15, -0.1) is 0 Å². The molecule has 0 aromatic heterocycles. The molecule has 0 spiro atoms. The fraction of sp³-hybridized carbons (Fsp3) is 0.571. The molecular weight excluding hydrogens is 322 g/mol. The Bertz CT molecular complexity index is 643. The van der Waals surface area contributed by atoms with E-state index in [-0.39, 0.29) is 23.3 Å². The minimum absolute atomic E-state index is 0.0984. The van der Waals surface area contributed by atoms with Crippen LogP contribution in [-0.4, -0.2) is 20.6 Å². The maximum absolute atomic E-state index is 13.2. The van der Waals surface area contributed by atoms with Crippen LogP contribution >= 0.6 is 0 Å². The summed E-state index contributed by atoms with van der Waals surface area (Å²) < 4.78 is 79.0. The summed E-state index contributed by atoms with van der Waals surface area (Å²) in [6.07, 6.45) is -3.48. The number of halogens is 4. The minimum Gasteiger partial charge on any atom is -0.207 e. The van der Waals surface area contributed by atoms with Crippen molar-refractivity contribution in [3.8, 4) is 0 Å². The Balaban J connectivity index is 2.29. The summed E-state index contributed by atoms with van der Waals surface area (Å²) >= 11 is 0. The van der Waals surface area contributed by atoms with E-state index in [1.54, 1.807) is 0 Å². The fourth-order valence-electron chi connectivity index (χ4n) is 2.79. The van der Waals surface area contributed by atoms with Crippen molar-refractivity contribution in [3.05, 3.63) is 29.6 Å². The largest absolute Gasteiger partial charge is 0.393 e. The molecule has 1 saturated carbocycles. The van der Waals surface area contributed by atoms with Crippen LogP contribution in [0.25, 0.3) is 0 Å². The number of alkyl halides is 3. The highest BCUT2D eigenvalue weighted by atomic mass is 32.2. The van der Waals surface area contributed by atoms with E-state index < -0.39 is 34.0 Å². The zero-order chi connectivity index (χ0) is 16.5. The van der Waals surface area contributed by atoms with Crippen LogP contribution in [0, 0.1) is 18.7 Å². The number of sulfonamides is 1. The monoisotopic (exact) mass is 339 g/mol. The molecule has 8 heteroatoms. The van der Waals surface area contributed by atoms with Crippen molar-refractivity contribution in [2.24, 2.45) is 5.92 Å². The van der Waals surface area contributed by atoms with Gasteiger partial charge in [0.2, 0.25) is 10.0 Å². The first-order valence-corrected chi connectivity index (χ1v) is 8.45. The Hall–Kier alpha value is -1.15. The summed E-state index contributed by atoms with van der Waals surface area (Å²) in [6, 6.07) is 2.00. The van der Waals surface area contributed by atoms with Crippen molar-refractivity contribution in [2.75, 3.05) is 0 Å². The first-order chi connectivity index (χ1) is 10.1. The van der Waals surface area contributed by atoms with Gasteiger partial charge in [-0.25, -0.2) is 17.5 Å². The second kappa shape index (κ2) is 6.16. The molecule has 0 amide bonds. The van der Waals surface area contributed by atoms with Crippen molar-refractivity contribution in [1.29, 1.82) is 0 Å². The molecule has 1 N–H and O–H groups in total. The van der Waals surface area contributed by atoms with E-state index in [0.29, 0.717) is 12.8 Å². The lowest BCUT2D eigenvalue weighted by atomic mass is 9.85. The number of nitrogens with one attached hydrogen (secondary N) is 1. The molecule has 22 heavy (non-hydrogen) atoms. The highest BCUT2D eigenvalue weighted by Crippen LogP contribution is 2.38. The molecule has 1 aromatic rings. The van der Waals surface area contributed by atoms with E-state index >= 15 is 0 Å². The van der Waals surface area contributed by atoms with Crippen LogP contribution in [0.15, 0.2) is 23.1 Å². The summed E-state index contributed by atoms with van der Waals surface area (Å²) in [4.78, 5) is -0.320. The normalized spacial score (nSPS) is 23.5. The van der Waals surface area contributed by atoms with Gasteiger partial charge in [-0.05, 0) is 37.5 Å². The predicted molar refractivity (Wildman–Crippen MR) is 73.3 cm³/mol. The van der Waals surface area contributed by atoms with Gasteiger partial charge in [0.05, 0.1) is 10.8 Å². The van der Waals surface area contributed by atoms with Crippen LogP contribution in [0.1, 0.15) is 31.2 Å². The van der Waals surface area contributed by atoms with Crippen LogP contribution in [-0.2, 0) is 10.0 Å². The van der Waals surface area contributed by atoms with Crippen molar-refractivity contribution in [2.45, 2.75) is 49.7 Å². The average Bonchev–Trinajstić information content (AvgIpc) is 2.40. The molecular formula is C14H17F4NO2S. The topological polar surface area (TPSA) is 46.2 Å². The summed E-state index contributed by atoms with van der Waals surface area (Å²) in [5, 5.41) is 0. The number of benzene rings is 1. The third-order valence-electron chi connectivity index (χ3n) is 3.93. The Morgan fingerprint density at radius 1 is 1.18 bits per heavy atom. The van der Waals surface area contributed by atoms with Crippen LogP contribution in [0.4, 0.5) is 17.6 Å². The molecule has 0 bridgehead atoms. The standard InChI is InChI=1S/C14H17F4NO2S/c1-9-6-7-10(15)8-13(9)22(20,21)19-12-5-3-2-4-11(12)14(16,17)18/h6-8,11-12,19H,2-5H2,1H3/t11-,12-/m0/s1. The molecule has 0 unspecified atom stereocenters. The van der Waals surface area contributed by atoms with Gasteiger partial charge in [0.1, 0.15) is 5.82 Å². The molecule has 1 aliphatic carbocycles. The molecule has 1 fully saturated rings. The average molecular weight is 339 g/mol. The van der Waals surface area contributed by atoms with Gasteiger partial charge in [-0.1, -0.05) is 18.9 Å². The quantitative estimate of drug-likeness (QED) is 0.857. The van der Waals surface area contributed by atoms with E-state index in [9.17, 15) is 26.0 Å². The molecule has 124 valence electrons. The van der Waals surface area contributed by atoms with Crippen molar-refractivity contribution in [1.82, 2.24) is 4.72 Å². The SMILES string of the molecule is Cc1ccc(F)cc1S(=O)(=O)N[C@H]1CCCC[C@@H]1C(F)(F)F. The fourth-order valence-corrected chi connectivity index (χ4v) is 4.36. The Morgan fingerprint density at radius 3 is 2.45 bits per heavy atom. The van der Waals surface area contributed by atoms with Gasteiger partial charge in [-0.2, -0.15) is 13.2 Å². The molecule has 1 aliphatic rings. The van der Waals surface area contributed by atoms with Crippen molar-refractivity contribution in [3.63, 3.8) is 0 Å². The lowest BCUT2D eigenvalue weighted by Gasteiger charge is -2.33. The smallest absolute Gasteiger partial charge is 0.207 e. The zero-order valence-electron chi connectivity index (χ0n) is 12.0. The summed E-state index contributed by atoms with van der Waals surface area (Å²) in [7, 11) is -4.20. The molecule has 0 saturated heterocycles. The zero-order valence-corrected chi connectivity index (χ0v) is 12.8. The van der Waals surface area contributed by atoms with E-state index in [1.165, 1.54) is 13.0 Å². The lowest BCUT2D eigenvalue weighted by molar-refractivity contribution is -0.187. The summed E-state index contributed by atoms with van der Waals surface area (Å²) in [6.45, 7) is 1.47. The molecule has 2 atom stereocenters. The maximum atomic E-state index is 13.2. The minimum atomic E-state index is -4.45. The Labute approximate surface area is 126 Å². The Morgan fingerprint density at radius 2 is 1.82 bits per heavy atom. The highest BCUT2D eigenvalue weighted by molar-refractivity contribution is 7.89. The van der Waals surface area contributed by atoms with Crippen LogP contribution in [0.3, 0.4) is 0 Å². The van der Waals surface area contributed by atoms with Crippen LogP contribution in [0.5, 0.6) is 0 Å². The maximum Gasteiger partial charge on any atom is 0.393 e. The summed E-state index contributed by atoms with van der Waals surface area (Å²) in [5.41, 5.74) is 0.285. The number of rotatable bonds is 3. The third kappa shape index (κ3) is 3.78. The molecule has 3 nitrogen and oxygen atoms in total. The molecule has 2 rings (SSSR count). The van der Waals surface area contributed by atoms with Crippen LogP contribution in [0.2, 0.25) is 0 Å². The van der Waals surface area contributed by atoms with E-state index in [0.717, 1.165) is 12.1 Å². The van der Waals surface area contributed by atoms with Gasteiger partial charge < -0.3 is 0 Å². The van der Waals surface area contributed by atoms with Gasteiger partial charge in [0, 0.05) is 6.04 Å². The van der Waals surface area contributed by atoms with E-state index in [4.69, 9.17) is 0 Å². The van der Waals surface area contributed by atoms with E-state index in [2.05, 4.69) is 4.72 Å². The Kier molecular flexibility index (Phi) is 4.81. The van der Waals surface area contributed by atoms with E-state index in [1.807, 2.05) is 0 Å². The van der Waals surface area contributed by atoms with Gasteiger partial charge >= 0.3 is 6.18 Å². The number of aryl methyl sites for hydroxylation is 1. The number of hydrogen-bond donors (Lipinski definition) is 1. The third-order valence-corrected chi connectivity index (χ3v) is 5.56. The van der Waals surface area contributed by atoms with Crippen LogP contribution < -0.4 is 4.72 Å². The molecule has 0 heterocycles. The lowest BCUT2D eigenvalue weighted by Crippen LogP contribution is -2.47. The van der Waals surface area contributed by atoms with Gasteiger partial charge in [0.25, 0.3) is 0 Å². The second-order valence-electron chi connectivity index (χ2n) is 5.57. The molecule has 0 radical (unpaired) electrons.